The first kappa shape index (κ1) is 28.8. The van der Waals surface area contributed by atoms with Crippen molar-refractivity contribution in [3.8, 4) is 0 Å². The number of nitrogens with two attached hydrogens (primary N) is 2. The molecule has 8 N–H and O–H groups in total. The summed E-state index contributed by atoms with van der Waals surface area (Å²) in [5.74, 6) is 1.14. The topological polar surface area (TPSA) is 202 Å². The van der Waals surface area contributed by atoms with Crippen LogP contribution in [0.25, 0.3) is 0 Å². The van der Waals surface area contributed by atoms with Crippen LogP contribution in [0.3, 0.4) is 0 Å². The lowest BCUT2D eigenvalue weighted by Gasteiger charge is -2.16. The van der Waals surface area contributed by atoms with Gasteiger partial charge in [-0.05, 0) is 37.5 Å². The van der Waals surface area contributed by atoms with Gasteiger partial charge in [-0.25, -0.2) is 14.8 Å². The summed E-state index contributed by atoms with van der Waals surface area (Å²) in [5.41, 5.74) is 12.8. The molecule has 2 aliphatic rings. The monoisotopic (exact) mass is 566 g/mol. The molecule has 2 fully saturated rings. The molecule has 0 spiro atoms. The van der Waals surface area contributed by atoms with Gasteiger partial charge in [0.1, 0.15) is 0 Å². The molecule has 0 aliphatic carbocycles. The van der Waals surface area contributed by atoms with Crippen LogP contribution < -0.4 is 32.7 Å². The summed E-state index contributed by atoms with van der Waals surface area (Å²) in [7, 11) is 0. The third-order valence-electron chi connectivity index (χ3n) is 6.55. The number of unbranched alkanes of at least 4 members (excludes halogenated alkanes) is 1. The first-order valence-corrected chi connectivity index (χ1v) is 14.2. The molecule has 3 heterocycles. The molecule has 0 bridgehead atoms. The Balaban J connectivity index is 1.08. The Morgan fingerprint density at radius 3 is 2.42 bits per heavy atom. The van der Waals surface area contributed by atoms with E-state index in [1.807, 2.05) is 11.8 Å². The summed E-state index contributed by atoms with van der Waals surface area (Å²) < 4.78 is 0. The smallest absolute Gasteiger partial charge is 0.315 e. The molecular formula is C26H34N10O3S. The van der Waals surface area contributed by atoms with Gasteiger partial charge in [0.05, 0.1) is 12.1 Å². The number of benzene rings is 1. The Morgan fingerprint density at radius 1 is 0.950 bits per heavy atom. The van der Waals surface area contributed by atoms with E-state index in [0.29, 0.717) is 42.3 Å². The maximum atomic E-state index is 12.4. The summed E-state index contributed by atoms with van der Waals surface area (Å²) in [6, 6.07) is 8.64. The zero-order valence-electron chi connectivity index (χ0n) is 22.0. The van der Waals surface area contributed by atoms with Crippen molar-refractivity contribution in [2.75, 3.05) is 18.8 Å². The second kappa shape index (κ2) is 14.3. The van der Waals surface area contributed by atoms with Gasteiger partial charge in [0.15, 0.2) is 17.5 Å². The van der Waals surface area contributed by atoms with E-state index in [4.69, 9.17) is 11.5 Å². The Bertz CT molecular complexity index is 1240. The molecule has 212 valence electrons. The fourth-order valence-corrected chi connectivity index (χ4v) is 5.96. The number of thioether (sulfide) groups is 1. The van der Waals surface area contributed by atoms with Crippen LogP contribution in [-0.2, 0) is 4.79 Å². The van der Waals surface area contributed by atoms with E-state index in [1.165, 1.54) is 0 Å². The van der Waals surface area contributed by atoms with E-state index in [-0.39, 0.29) is 47.4 Å². The summed E-state index contributed by atoms with van der Waals surface area (Å²) in [6.45, 7) is 0.921. The lowest BCUT2D eigenvalue weighted by molar-refractivity contribution is -0.121. The number of urea groups is 1. The van der Waals surface area contributed by atoms with Gasteiger partial charge in [-0.15, -0.1) is 10.2 Å². The molecule has 1 aromatic carbocycles. The first-order chi connectivity index (χ1) is 19.4. The van der Waals surface area contributed by atoms with Gasteiger partial charge >= 0.3 is 6.03 Å². The van der Waals surface area contributed by atoms with Gasteiger partial charge in [-0.1, -0.05) is 18.6 Å². The van der Waals surface area contributed by atoms with Gasteiger partial charge in [0, 0.05) is 54.0 Å². The number of amidine groups is 2. The Morgan fingerprint density at radius 2 is 1.65 bits per heavy atom. The zero-order chi connectivity index (χ0) is 28.3. The number of rotatable bonds is 13. The minimum atomic E-state index is -0.224. The predicted molar refractivity (Wildman–Crippen MR) is 154 cm³/mol. The molecule has 4 rings (SSSR count). The highest BCUT2D eigenvalue weighted by atomic mass is 32.2. The average Bonchev–Trinajstić information content (AvgIpc) is 3.53. The minimum absolute atomic E-state index is 0.0105. The van der Waals surface area contributed by atoms with Crippen LogP contribution in [0.2, 0.25) is 0 Å². The molecule has 4 amide bonds. The molecular weight excluding hydrogens is 532 g/mol. The molecule has 0 radical (unpaired) electrons. The quantitative estimate of drug-likeness (QED) is 0.0660. The molecule has 0 saturated carbocycles. The number of nitrogens with zero attached hydrogens (tertiary/aromatic N) is 4. The van der Waals surface area contributed by atoms with Crippen LogP contribution in [0.15, 0.2) is 52.9 Å². The van der Waals surface area contributed by atoms with Gasteiger partial charge in [0.25, 0.3) is 5.91 Å². The second-order valence-corrected chi connectivity index (χ2v) is 10.7. The van der Waals surface area contributed by atoms with Crippen LogP contribution in [0.4, 0.5) is 4.79 Å². The highest BCUT2D eigenvalue weighted by Gasteiger charge is 2.42. The number of fused-ring (bicyclic) bond motifs is 1. The normalized spacial score (nSPS) is 20.4. The SMILES string of the molecule is N/C(=N\N=C(/N)c1ncccn1)c1ccc(C(=O)NCCCNC(=O)CCCCC2SCC3NC(=O)NC32)cc1. The van der Waals surface area contributed by atoms with Crippen LogP contribution in [0, 0.1) is 0 Å². The van der Waals surface area contributed by atoms with Crippen LogP contribution >= 0.6 is 11.8 Å². The largest absolute Gasteiger partial charge is 0.382 e. The molecule has 2 aromatic rings. The van der Waals surface area contributed by atoms with E-state index in [1.54, 1.807) is 42.7 Å². The third-order valence-corrected chi connectivity index (χ3v) is 8.05. The fourth-order valence-electron chi connectivity index (χ4n) is 4.42. The highest BCUT2D eigenvalue weighted by molar-refractivity contribution is 8.00. The average molecular weight is 567 g/mol. The second-order valence-electron chi connectivity index (χ2n) is 9.45. The number of aromatic nitrogens is 2. The van der Waals surface area contributed by atoms with Gasteiger partial charge in [-0.2, -0.15) is 11.8 Å². The van der Waals surface area contributed by atoms with E-state index in [9.17, 15) is 14.4 Å². The van der Waals surface area contributed by atoms with E-state index < -0.39 is 0 Å². The van der Waals surface area contributed by atoms with Gasteiger partial charge < -0.3 is 32.7 Å². The number of hydrogen-bond donors (Lipinski definition) is 6. The first-order valence-electron chi connectivity index (χ1n) is 13.2. The summed E-state index contributed by atoms with van der Waals surface area (Å²) in [4.78, 5) is 44.0. The molecule has 1 aromatic heterocycles. The van der Waals surface area contributed by atoms with Crippen LogP contribution in [0.5, 0.6) is 0 Å². The van der Waals surface area contributed by atoms with Crippen molar-refractivity contribution >= 4 is 41.3 Å². The van der Waals surface area contributed by atoms with Crippen molar-refractivity contribution < 1.29 is 14.4 Å². The number of amides is 4. The minimum Gasteiger partial charge on any atom is -0.382 e. The number of carbonyl (C=O) groups excluding carboxylic acids is 3. The maximum Gasteiger partial charge on any atom is 0.315 e. The lowest BCUT2D eigenvalue weighted by Crippen LogP contribution is -2.36. The molecule has 13 nitrogen and oxygen atoms in total. The lowest BCUT2D eigenvalue weighted by atomic mass is 10.0. The summed E-state index contributed by atoms with van der Waals surface area (Å²) in [5, 5.41) is 19.9. The van der Waals surface area contributed by atoms with Crippen molar-refractivity contribution in [2.24, 2.45) is 21.7 Å². The molecule has 2 saturated heterocycles. The van der Waals surface area contributed by atoms with Crippen molar-refractivity contribution in [3.05, 3.63) is 59.7 Å². The van der Waals surface area contributed by atoms with Gasteiger partial charge in [-0.3, -0.25) is 9.59 Å². The predicted octanol–water partition coefficient (Wildman–Crippen LogP) is 0.464. The molecule has 3 unspecified atom stereocenters. The summed E-state index contributed by atoms with van der Waals surface area (Å²) in [6.07, 6.45) is 6.92. The van der Waals surface area contributed by atoms with Crippen molar-refractivity contribution in [1.29, 1.82) is 0 Å². The fraction of sp³-hybridized carbons (Fsp3) is 0.423. The van der Waals surface area contributed by atoms with E-state index in [2.05, 4.69) is 41.4 Å². The standard InChI is InChI=1S/C26H34N10O3S/c27-22(35-36-23(28)24-30-12-4-13-31-24)16-7-9-17(10-8-16)25(38)32-14-3-11-29-20(37)6-2-1-5-19-21-18(15-40-19)33-26(39)34-21/h4,7-10,12-13,18-19,21H,1-3,5-6,11,14-15H2,(H2,27,35)(H2,28,36)(H,29,37)(H,32,38)(H2,33,34,39). The Hall–Kier alpha value is -4.20. The molecule has 2 aliphatic heterocycles. The van der Waals surface area contributed by atoms with Crippen LogP contribution in [0.1, 0.15) is 53.8 Å². The Kier molecular flexibility index (Phi) is 10.3. The highest BCUT2D eigenvalue weighted by Crippen LogP contribution is 2.33. The van der Waals surface area contributed by atoms with Gasteiger partial charge in [0.2, 0.25) is 5.91 Å². The Labute approximate surface area is 236 Å². The van der Waals surface area contributed by atoms with Crippen molar-refractivity contribution in [2.45, 2.75) is 49.4 Å². The van der Waals surface area contributed by atoms with Crippen molar-refractivity contribution in [1.82, 2.24) is 31.2 Å². The summed E-state index contributed by atoms with van der Waals surface area (Å²) >= 11 is 1.88. The van der Waals surface area contributed by atoms with E-state index >= 15 is 0 Å². The third kappa shape index (κ3) is 8.15. The molecule has 14 heteroatoms. The van der Waals surface area contributed by atoms with E-state index in [0.717, 1.165) is 25.0 Å². The zero-order valence-corrected chi connectivity index (χ0v) is 22.8. The van der Waals surface area contributed by atoms with Crippen molar-refractivity contribution in [3.63, 3.8) is 0 Å². The number of hydrogen-bond acceptors (Lipinski definition) is 8. The van der Waals surface area contributed by atoms with Crippen LogP contribution in [-0.4, -0.2) is 75.7 Å². The number of nitrogens with one attached hydrogen (secondary N) is 4. The molecule has 3 atom stereocenters. The molecule has 40 heavy (non-hydrogen) atoms. The number of carbonyl (C=O) groups is 3. The maximum absolute atomic E-state index is 12.4.